The topological polar surface area (TPSA) is 44.1 Å². The lowest BCUT2D eigenvalue weighted by molar-refractivity contribution is 0.0515. The maximum atomic E-state index is 11.5. The van der Waals surface area contributed by atoms with Gasteiger partial charge in [-0.15, -0.1) is 12.6 Å². The molecular formula is C10H14N2O2S. The van der Waals surface area contributed by atoms with Crippen LogP contribution in [0.1, 0.15) is 42.0 Å². The Labute approximate surface area is 94.0 Å². The third-order valence-corrected chi connectivity index (χ3v) is 3.02. The van der Waals surface area contributed by atoms with E-state index < -0.39 is 0 Å². The Morgan fingerprint density at radius 2 is 2.33 bits per heavy atom. The Morgan fingerprint density at radius 3 is 2.87 bits per heavy atom. The molecule has 1 aliphatic carbocycles. The summed E-state index contributed by atoms with van der Waals surface area (Å²) < 4.78 is 6.78. The van der Waals surface area contributed by atoms with E-state index in [1.165, 1.54) is 0 Å². The molecule has 0 amide bonds. The molecule has 1 heterocycles. The molecule has 1 aromatic rings. The first-order valence-corrected chi connectivity index (χ1v) is 5.52. The molecule has 1 aromatic heterocycles. The van der Waals surface area contributed by atoms with Gasteiger partial charge < -0.3 is 9.30 Å². The first-order valence-electron chi connectivity index (χ1n) is 5.07. The molecule has 15 heavy (non-hydrogen) atoms. The van der Waals surface area contributed by atoms with E-state index in [1.54, 1.807) is 6.92 Å². The number of carbonyl (C=O) groups excluding carboxylic acids is 1. The Balaban J connectivity index is 2.31. The molecule has 1 saturated carbocycles. The summed E-state index contributed by atoms with van der Waals surface area (Å²) in [5, 5.41) is 0.593. The van der Waals surface area contributed by atoms with Crippen molar-refractivity contribution in [1.82, 2.24) is 9.55 Å². The molecule has 5 heteroatoms. The van der Waals surface area contributed by atoms with Gasteiger partial charge in [0.1, 0.15) is 10.9 Å². The van der Waals surface area contributed by atoms with Gasteiger partial charge in [-0.2, -0.15) is 0 Å². The van der Waals surface area contributed by atoms with Crippen molar-refractivity contribution in [3.05, 3.63) is 11.5 Å². The molecule has 0 aromatic carbocycles. The Bertz CT molecular complexity index is 396. The second kappa shape index (κ2) is 3.89. The van der Waals surface area contributed by atoms with E-state index in [1.807, 2.05) is 11.6 Å². The van der Waals surface area contributed by atoms with Crippen molar-refractivity contribution in [2.45, 2.75) is 30.7 Å². The summed E-state index contributed by atoms with van der Waals surface area (Å²) in [6.45, 7) is 2.14. The largest absolute Gasteiger partial charge is 0.461 e. The number of hydrogen-bond donors (Lipinski definition) is 1. The average molecular weight is 226 g/mol. The van der Waals surface area contributed by atoms with Crippen molar-refractivity contribution in [3.63, 3.8) is 0 Å². The highest BCUT2D eigenvalue weighted by Crippen LogP contribution is 2.40. The van der Waals surface area contributed by atoms with Gasteiger partial charge in [-0.05, 0) is 19.8 Å². The van der Waals surface area contributed by atoms with Gasteiger partial charge in [-0.25, -0.2) is 9.78 Å². The van der Waals surface area contributed by atoms with Crippen molar-refractivity contribution in [2.24, 2.45) is 7.05 Å². The van der Waals surface area contributed by atoms with Crippen molar-refractivity contribution in [3.8, 4) is 0 Å². The van der Waals surface area contributed by atoms with Crippen LogP contribution in [-0.2, 0) is 11.8 Å². The summed E-state index contributed by atoms with van der Waals surface area (Å²) in [6, 6.07) is 0. The Hall–Kier alpha value is -0.970. The molecule has 0 spiro atoms. The van der Waals surface area contributed by atoms with Gasteiger partial charge in [0.15, 0.2) is 5.69 Å². The van der Waals surface area contributed by atoms with Gasteiger partial charge in [0.2, 0.25) is 0 Å². The van der Waals surface area contributed by atoms with Crippen LogP contribution in [0.3, 0.4) is 0 Å². The number of esters is 1. The fraction of sp³-hybridized carbons (Fsp3) is 0.600. The zero-order valence-corrected chi connectivity index (χ0v) is 9.75. The quantitative estimate of drug-likeness (QED) is 0.631. The third-order valence-electron chi connectivity index (χ3n) is 2.51. The zero-order chi connectivity index (χ0) is 11.0. The molecule has 1 aliphatic rings. The number of nitrogens with zero attached hydrogens (tertiary/aromatic N) is 2. The van der Waals surface area contributed by atoms with E-state index in [9.17, 15) is 4.79 Å². The summed E-state index contributed by atoms with van der Waals surface area (Å²) in [7, 11) is 1.88. The Kier molecular flexibility index (Phi) is 2.73. The lowest BCUT2D eigenvalue weighted by Crippen LogP contribution is -2.06. The second-order valence-electron chi connectivity index (χ2n) is 3.70. The van der Waals surface area contributed by atoms with Crippen molar-refractivity contribution in [2.75, 3.05) is 6.61 Å². The number of thiol groups is 1. The smallest absolute Gasteiger partial charge is 0.359 e. The minimum Gasteiger partial charge on any atom is -0.461 e. The van der Waals surface area contributed by atoms with Crippen LogP contribution in [0, 0.1) is 0 Å². The summed E-state index contributed by atoms with van der Waals surface area (Å²) in [5.74, 6) is 1.07. The number of hydrogen-bond acceptors (Lipinski definition) is 4. The average Bonchev–Trinajstić information content (AvgIpc) is 2.98. The van der Waals surface area contributed by atoms with Crippen molar-refractivity contribution < 1.29 is 9.53 Å². The lowest BCUT2D eigenvalue weighted by atomic mass is 10.4. The standard InChI is InChI=1S/C10H14N2O2S/c1-3-14-10(13)7-9(15)12(2)8(11-7)6-4-5-6/h6,15H,3-5H2,1-2H3. The predicted molar refractivity (Wildman–Crippen MR) is 58.4 cm³/mol. The second-order valence-corrected chi connectivity index (χ2v) is 4.12. The van der Waals surface area contributed by atoms with Gasteiger partial charge >= 0.3 is 5.97 Å². The molecule has 82 valence electrons. The fourth-order valence-corrected chi connectivity index (χ4v) is 1.79. The maximum absolute atomic E-state index is 11.5. The highest BCUT2D eigenvalue weighted by Gasteiger charge is 2.31. The molecule has 0 N–H and O–H groups in total. The van der Waals surface area contributed by atoms with Gasteiger partial charge in [0.05, 0.1) is 6.61 Å². The molecule has 4 nitrogen and oxygen atoms in total. The SMILES string of the molecule is CCOC(=O)c1nc(C2CC2)n(C)c1S. The van der Waals surface area contributed by atoms with Crippen LogP contribution in [0.15, 0.2) is 5.03 Å². The highest BCUT2D eigenvalue weighted by molar-refractivity contribution is 7.80. The van der Waals surface area contributed by atoms with E-state index in [2.05, 4.69) is 17.6 Å². The van der Waals surface area contributed by atoms with Crippen LogP contribution >= 0.6 is 12.6 Å². The van der Waals surface area contributed by atoms with Crippen LogP contribution in [0.4, 0.5) is 0 Å². The number of imidazole rings is 1. The van der Waals surface area contributed by atoms with Gasteiger partial charge in [-0.1, -0.05) is 0 Å². The van der Waals surface area contributed by atoms with Crippen LogP contribution in [0.2, 0.25) is 0 Å². The summed E-state index contributed by atoms with van der Waals surface area (Å²) in [4.78, 5) is 15.8. The molecular weight excluding hydrogens is 212 g/mol. The normalized spacial score (nSPS) is 15.4. The minimum atomic E-state index is -0.384. The molecule has 0 aliphatic heterocycles. The van der Waals surface area contributed by atoms with Gasteiger partial charge in [0, 0.05) is 13.0 Å². The molecule has 1 fully saturated rings. The van der Waals surface area contributed by atoms with E-state index in [-0.39, 0.29) is 5.97 Å². The van der Waals surface area contributed by atoms with Crippen molar-refractivity contribution >= 4 is 18.6 Å². The molecule has 0 radical (unpaired) electrons. The molecule has 0 atom stereocenters. The van der Waals surface area contributed by atoms with Crippen LogP contribution in [-0.4, -0.2) is 22.1 Å². The summed E-state index contributed by atoms with van der Waals surface area (Å²) >= 11 is 4.29. The van der Waals surface area contributed by atoms with Crippen LogP contribution in [0.5, 0.6) is 0 Å². The maximum Gasteiger partial charge on any atom is 0.359 e. The van der Waals surface area contributed by atoms with Crippen molar-refractivity contribution in [1.29, 1.82) is 0 Å². The third kappa shape index (κ3) is 1.88. The molecule has 0 unspecified atom stereocenters. The molecule has 0 bridgehead atoms. The Morgan fingerprint density at radius 1 is 1.67 bits per heavy atom. The summed E-state index contributed by atoms with van der Waals surface area (Å²) in [5.41, 5.74) is 0.338. The van der Waals surface area contributed by atoms with Gasteiger partial charge in [-0.3, -0.25) is 0 Å². The summed E-state index contributed by atoms with van der Waals surface area (Å²) in [6.07, 6.45) is 2.31. The number of ether oxygens (including phenoxy) is 1. The fourth-order valence-electron chi connectivity index (χ4n) is 1.55. The van der Waals surface area contributed by atoms with Gasteiger partial charge in [0.25, 0.3) is 0 Å². The minimum absolute atomic E-state index is 0.338. The monoisotopic (exact) mass is 226 g/mol. The predicted octanol–water partition coefficient (Wildman–Crippen LogP) is 1.76. The van der Waals surface area contributed by atoms with Crippen LogP contribution in [0.25, 0.3) is 0 Å². The number of aromatic nitrogens is 2. The van der Waals surface area contributed by atoms with E-state index >= 15 is 0 Å². The van der Waals surface area contributed by atoms with Crippen LogP contribution < -0.4 is 0 Å². The first kappa shape index (κ1) is 10.5. The van der Waals surface area contributed by atoms with E-state index in [0.717, 1.165) is 18.7 Å². The first-order chi connectivity index (χ1) is 7.15. The lowest BCUT2D eigenvalue weighted by Gasteiger charge is -1.99. The van der Waals surface area contributed by atoms with E-state index in [4.69, 9.17) is 4.74 Å². The number of rotatable bonds is 3. The molecule has 0 saturated heterocycles. The number of carbonyl (C=O) groups is 1. The highest BCUT2D eigenvalue weighted by atomic mass is 32.1. The van der Waals surface area contributed by atoms with E-state index in [0.29, 0.717) is 23.2 Å². The zero-order valence-electron chi connectivity index (χ0n) is 8.86. The molecule has 2 rings (SSSR count).